The molecule has 1 fully saturated rings. The van der Waals surface area contributed by atoms with Gasteiger partial charge in [-0.15, -0.1) is 0 Å². The summed E-state index contributed by atoms with van der Waals surface area (Å²) in [7, 11) is 0. The zero-order valence-electron chi connectivity index (χ0n) is 11.1. The minimum absolute atomic E-state index is 0.563. The van der Waals surface area contributed by atoms with Crippen LogP contribution in [0.4, 0.5) is 0 Å². The van der Waals surface area contributed by atoms with Gasteiger partial charge in [-0.1, -0.05) is 48.5 Å². The van der Waals surface area contributed by atoms with E-state index in [2.05, 4.69) is 48.5 Å². The zero-order chi connectivity index (χ0) is 11.1. The SMILES string of the molecule is CC(C)C1(C(C)C)CC(C)(C)CC1C. The highest BCUT2D eigenvalue weighted by Gasteiger charge is 2.51. The molecule has 1 atom stereocenters. The Balaban J connectivity index is 3.01. The van der Waals surface area contributed by atoms with Gasteiger partial charge in [0.1, 0.15) is 0 Å². The largest absolute Gasteiger partial charge is 0.0622 e. The summed E-state index contributed by atoms with van der Waals surface area (Å²) in [6.45, 7) is 17.0. The predicted molar refractivity (Wildman–Crippen MR) is 64.3 cm³/mol. The minimum Gasteiger partial charge on any atom is -0.0622 e. The lowest BCUT2D eigenvalue weighted by molar-refractivity contribution is 0.0613. The minimum atomic E-state index is 0.563. The normalized spacial score (nSPS) is 30.2. The first-order valence-electron chi connectivity index (χ1n) is 6.22. The first kappa shape index (κ1) is 12.1. The molecule has 0 radical (unpaired) electrons. The van der Waals surface area contributed by atoms with E-state index in [1.807, 2.05) is 0 Å². The molecule has 0 heteroatoms. The lowest BCUT2D eigenvalue weighted by Gasteiger charge is -2.42. The van der Waals surface area contributed by atoms with Crippen LogP contribution in [0, 0.1) is 28.6 Å². The Morgan fingerprint density at radius 1 is 1.00 bits per heavy atom. The monoisotopic (exact) mass is 196 g/mol. The van der Waals surface area contributed by atoms with Crippen LogP contribution in [-0.2, 0) is 0 Å². The van der Waals surface area contributed by atoms with Crippen LogP contribution in [0.25, 0.3) is 0 Å². The molecule has 0 amide bonds. The quantitative estimate of drug-likeness (QED) is 0.598. The Bertz CT molecular complexity index is 190. The molecule has 0 aromatic carbocycles. The fourth-order valence-electron chi connectivity index (χ4n) is 4.31. The van der Waals surface area contributed by atoms with E-state index in [9.17, 15) is 0 Å². The fraction of sp³-hybridized carbons (Fsp3) is 1.00. The van der Waals surface area contributed by atoms with Crippen molar-refractivity contribution in [2.24, 2.45) is 28.6 Å². The van der Waals surface area contributed by atoms with Crippen LogP contribution >= 0.6 is 0 Å². The second-order valence-corrected chi connectivity index (χ2v) is 6.87. The molecular weight excluding hydrogens is 168 g/mol. The van der Waals surface area contributed by atoms with Crippen LogP contribution in [0.2, 0.25) is 0 Å². The average molecular weight is 196 g/mol. The topological polar surface area (TPSA) is 0 Å². The molecule has 1 aliphatic rings. The molecule has 1 unspecified atom stereocenters. The van der Waals surface area contributed by atoms with Crippen molar-refractivity contribution in [3.63, 3.8) is 0 Å². The summed E-state index contributed by atoms with van der Waals surface area (Å²) in [6, 6.07) is 0. The molecule has 0 saturated heterocycles. The second kappa shape index (κ2) is 3.54. The van der Waals surface area contributed by atoms with E-state index in [0.717, 1.165) is 17.8 Å². The van der Waals surface area contributed by atoms with Crippen molar-refractivity contribution in [3.8, 4) is 0 Å². The Kier molecular flexibility index (Phi) is 3.05. The smallest absolute Gasteiger partial charge is 0.0220 e. The average Bonchev–Trinajstić information content (AvgIpc) is 2.21. The van der Waals surface area contributed by atoms with Crippen LogP contribution in [0.3, 0.4) is 0 Å². The molecule has 0 nitrogen and oxygen atoms in total. The molecule has 0 aliphatic heterocycles. The van der Waals surface area contributed by atoms with Gasteiger partial charge in [0.25, 0.3) is 0 Å². The highest BCUT2D eigenvalue weighted by atomic mass is 14.6. The predicted octanol–water partition coefficient (Wildman–Crippen LogP) is 4.74. The summed E-state index contributed by atoms with van der Waals surface area (Å²) in [5.74, 6) is 2.52. The van der Waals surface area contributed by atoms with Gasteiger partial charge in [0.05, 0.1) is 0 Å². The van der Waals surface area contributed by atoms with Gasteiger partial charge in [-0.25, -0.2) is 0 Å². The molecule has 1 saturated carbocycles. The fourth-order valence-corrected chi connectivity index (χ4v) is 4.31. The van der Waals surface area contributed by atoms with Gasteiger partial charge in [-0.2, -0.15) is 0 Å². The van der Waals surface area contributed by atoms with Crippen molar-refractivity contribution in [2.45, 2.75) is 61.3 Å². The molecule has 0 bridgehead atoms. The summed E-state index contributed by atoms with van der Waals surface area (Å²) in [5.41, 5.74) is 1.15. The molecule has 14 heavy (non-hydrogen) atoms. The standard InChI is InChI=1S/C14H28/c1-10(2)14(11(3)4)9-13(6,7)8-12(14)5/h10-12H,8-9H2,1-7H3. The van der Waals surface area contributed by atoms with E-state index in [1.54, 1.807) is 0 Å². The van der Waals surface area contributed by atoms with Crippen molar-refractivity contribution in [1.29, 1.82) is 0 Å². The molecule has 0 spiro atoms. The summed E-state index contributed by atoms with van der Waals surface area (Å²) >= 11 is 0. The maximum atomic E-state index is 2.47. The third-order valence-corrected chi connectivity index (χ3v) is 4.71. The lowest BCUT2D eigenvalue weighted by Crippen LogP contribution is -2.36. The first-order chi connectivity index (χ1) is 6.22. The molecule has 0 heterocycles. The van der Waals surface area contributed by atoms with E-state index in [-0.39, 0.29) is 0 Å². The van der Waals surface area contributed by atoms with E-state index in [0.29, 0.717) is 10.8 Å². The highest BCUT2D eigenvalue weighted by Crippen LogP contribution is 2.59. The van der Waals surface area contributed by atoms with Gasteiger partial charge < -0.3 is 0 Å². The lowest BCUT2D eigenvalue weighted by atomic mass is 9.62. The summed E-state index contributed by atoms with van der Waals surface area (Å²) < 4.78 is 0. The first-order valence-corrected chi connectivity index (χ1v) is 6.22. The Hall–Kier alpha value is 0. The Morgan fingerprint density at radius 2 is 1.43 bits per heavy atom. The van der Waals surface area contributed by atoms with Crippen LogP contribution in [0.5, 0.6) is 0 Å². The highest BCUT2D eigenvalue weighted by molar-refractivity contribution is 5.00. The third-order valence-electron chi connectivity index (χ3n) is 4.71. The molecule has 84 valence electrons. The van der Waals surface area contributed by atoms with E-state index in [4.69, 9.17) is 0 Å². The zero-order valence-corrected chi connectivity index (χ0v) is 11.1. The third kappa shape index (κ3) is 1.73. The van der Waals surface area contributed by atoms with Crippen LogP contribution in [-0.4, -0.2) is 0 Å². The second-order valence-electron chi connectivity index (χ2n) is 6.87. The molecule has 1 rings (SSSR count). The van der Waals surface area contributed by atoms with Crippen molar-refractivity contribution >= 4 is 0 Å². The van der Waals surface area contributed by atoms with Crippen molar-refractivity contribution in [3.05, 3.63) is 0 Å². The van der Waals surface area contributed by atoms with Crippen LogP contribution in [0.1, 0.15) is 61.3 Å². The Morgan fingerprint density at radius 3 is 1.57 bits per heavy atom. The van der Waals surface area contributed by atoms with Crippen molar-refractivity contribution in [2.75, 3.05) is 0 Å². The van der Waals surface area contributed by atoms with Crippen molar-refractivity contribution in [1.82, 2.24) is 0 Å². The van der Waals surface area contributed by atoms with Crippen LogP contribution in [0.15, 0.2) is 0 Å². The molecule has 0 N–H and O–H groups in total. The molecular formula is C14H28. The van der Waals surface area contributed by atoms with Gasteiger partial charge in [0, 0.05) is 0 Å². The molecule has 0 aromatic heterocycles. The van der Waals surface area contributed by atoms with Gasteiger partial charge >= 0.3 is 0 Å². The number of hydrogen-bond donors (Lipinski definition) is 0. The van der Waals surface area contributed by atoms with Gasteiger partial charge in [0.2, 0.25) is 0 Å². The van der Waals surface area contributed by atoms with E-state index < -0.39 is 0 Å². The summed E-state index contributed by atoms with van der Waals surface area (Å²) in [6.07, 6.45) is 2.82. The Labute approximate surface area is 90.5 Å². The number of hydrogen-bond acceptors (Lipinski definition) is 0. The van der Waals surface area contributed by atoms with Gasteiger partial charge in [-0.05, 0) is 41.4 Å². The summed E-state index contributed by atoms with van der Waals surface area (Å²) in [4.78, 5) is 0. The number of rotatable bonds is 2. The molecule has 0 aromatic rings. The van der Waals surface area contributed by atoms with E-state index in [1.165, 1.54) is 12.8 Å². The molecule has 1 aliphatic carbocycles. The van der Waals surface area contributed by atoms with Crippen LogP contribution < -0.4 is 0 Å². The van der Waals surface area contributed by atoms with E-state index >= 15 is 0 Å². The maximum Gasteiger partial charge on any atom is -0.0220 e. The van der Waals surface area contributed by atoms with Gasteiger partial charge in [-0.3, -0.25) is 0 Å². The maximum absolute atomic E-state index is 2.47. The van der Waals surface area contributed by atoms with Crippen molar-refractivity contribution < 1.29 is 0 Å². The van der Waals surface area contributed by atoms with Gasteiger partial charge in [0.15, 0.2) is 0 Å². The summed E-state index contributed by atoms with van der Waals surface area (Å²) in [5, 5.41) is 0.